The van der Waals surface area contributed by atoms with Crippen LogP contribution in [0, 0.1) is 0 Å². The Morgan fingerprint density at radius 3 is 2.82 bits per heavy atom. The smallest absolute Gasteiger partial charge is 0.0609 e. The van der Waals surface area contributed by atoms with Crippen molar-refractivity contribution in [2.45, 2.75) is 25.9 Å². The molecule has 1 aliphatic heterocycles. The van der Waals surface area contributed by atoms with Crippen molar-refractivity contribution in [2.75, 3.05) is 13.6 Å². The molecule has 0 aliphatic carbocycles. The lowest BCUT2D eigenvalue weighted by atomic mass is 10.3. The molecule has 0 bridgehead atoms. The van der Waals surface area contributed by atoms with Crippen molar-refractivity contribution in [3.63, 3.8) is 0 Å². The van der Waals surface area contributed by atoms with Gasteiger partial charge in [0.05, 0.1) is 6.04 Å². The van der Waals surface area contributed by atoms with Crippen molar-refractivity contribution in [1.29, 1.82) is 0 Å². The van der Waals surface area contributed by atoms with Crippen LogP contribution < -0.4 is 10.7 Å². The van der Waals surface area contributed by atoms with E-state index in [1.807, 2.05) is 13.2 Å². The van der Waals surface area contributed by atoms with Crippen LogP contribution in [0.1, 0.15) is 13.8 Å². The fraction of sp³-hybridized carbons (Fsp3) is 0.750. The molecule has 1 heterocycles. The number of rotatable bonds is 3. The molecular formula is C8H17N3. The summed E-state index contributed by atoms with van der Waals surface area (Å²) in [4.78, 5) is 0. The number of nitrogens with zero attached hydrogens (tertiary/aromatic N) is 1. The molecule has 0 fully saturated rings. The minimum Gasteiger partial charge on any atom is -0.326 e. The van der Waals surface area contributed by atoms with Gasteiger partial charge in [-0.1, -0.05) is 13.8 Å². The lowest BCUT2D eigenvalue weighted by molar-refractivity contribution is 0.244. The Morgan fingerprint density at radius 2 is 2.36 bits per heavy atom. The molecule has 1 unspecified atom stereocenters. The van der Waals surface area contributed by atoms with E-state index < -0.39 is 0 Å². The van der Waals surface area contributed by atoms with E-state index in [0.29, 0.717) is 12.1 Å². The van der Waals surface area contributed by atoms with E-state index in [4.69, 9.17) is 0 Å². The Morgan fingerprint density at radius 1 is 1.64 bits per heavy atom. The molecule has 0 saturated carbocycles. The Hall–Kier alpha value is -0.540. The number of hydrazine groups is 1. The Kier molecular flexibility index (Phi) is 2.91. The van der Waals surface area contributed by atoms with Gasteiger partial charge in [-0.3, -0.25) is 0 Å². The van der Waals surface area contributed by atoms with Gasteiger partial charge < -0.3 is 10.7 Å². The van der Waals surface area contributed by atoms with Crippen LogP contribution in [0.4, 0.5) is 0 Å². The molecule has 3 nitrogen and oxygen atoms in total. The molecule has 0 amide bonds. The summed E-state index contributed by atoms with van der Waals surface area (Å²) in [6, 6.07) is 1.06. The number of hydrogen-bond donors (Lipinski definition) is 2. The van der Waals surface area contributed by atoms with E-state index in [1.165, 1.54) is 0 Å². The van der Waals surface area contributed by atoms with Gasteiger partial charge in [-0.15, -0.1) is 0 Å². The van der Waals surface area contributed by atoms with Crippen LogP contribution >= 0.6 is 0 Å². The van der Waals surface area contributed by atoms with E-state index in [9.17, 15) is 0 Å². The average Bonchev–Trinajstić information content (AvgIpc) is 2.31. The maximum atomic E-state index is 3.38. The average molecular weight is 155 g/mol. The summed E-state index contributed by atoms with van der Waals surface area (Å²) in [6.07, 6.45) is 4.14. The minimum atomic E-state index is 0.498. The SMILES string of the molecule is CC(C)NCC1C=CNN1C. The summed E-state index contributed by atoms with van der Waals surface area (Å²) in [7, 11) is 2.05. The topological polar surface area (TPSA) is 27.3 Å². The molecule has 1 rings (SSSR count). The highest BCUT2D eigenvalue weighted by atomic mass is 15.5. The lowest BCUT2D eigenvalue weighted by Crippen LogP contribution is -2.41. The van der Waals surface area contributed by atoms with Gasteiger partial charge in [0.1, 0.15) is 0 Å². The summed E-state index contributed by atoms with van der Waals surface area (Å²) >= 11 is 0. The molecule has 0 aromatic carbocycles. The predicted molar refractivity (Wildman–Crippen MR) is 47.0 cm³/mol. The molecule has 11 heavy (non-hydrogen) atoms. The Balaban J connectivity index is 2.20. The molecule has 0 saturated heterocycles. The van der Waals surface area contributed by atoms with E-state index >= 15 is 0 Å². The van der Waals surface area contributed by atoms with Gasteiger partial charge in [0.15, 0.2) is 0 Å². The molecular weight excluding hydrogens is 138 g/mol. The van der Waals surface area contributed by atoms with Crippen molar-refractivity contribution in [3.8, 4) is 0 Å². The maximum absolute atomic E-state index is 3.38. The van der Waals surface area contributed by atoms with Crippen LogP contribution in [0.2, 0.25) is 0 Å². The molecule has 0 aromatic heterocycles. The second-order valence-electron chi connectivity index (χ2n) is 3.23. The first-order chi connectivity index (χ1) is 5.20. The predicted octanol–water partition coefficient (Wildman–Crippen LogP) is 0.317. The fourth-order valence-electron chi connectivity index (χ4n) is 1.06. The van der Waals surface area contributed by atoms with Crippen LogP contribution in [-0.4, -0.2) is 30.7 Å². The number of hydrogen-bond acceptors (Lipinski definition) is 3. The van der Waals surface area contributed by atoms with Crippen LogP contribution in [0.25, 0.3) is 0 Å². The Bertz CT molecular complexity index is 142. The highest BCUT2D eigenvalue weighted by Gasteiger charge is 2.14. The summed E-state index contributed by atoms with van der Waals surface area (Å²) < 4.78 is 0. The summed E-state index contributed by atoms with van der Waals surface area (Å²) in [5, 5.41) is 5.48. The summed E-state index contributed by atoms with van der Waals surface area (Å²) in [6.45, 7) is 5.33. The Labute approximate surface area is 68.4 Å². The van der Waals surface area contributed by atoms with Crippen LogP contribution in [-0.2, 0) is 0 Å². The first kappa shape index (κ1) is 8.56. The van der Waals surface area contributed by atoms with Crippen molar-refractivity contribution in [1.82, 2.24) is 15.8 Å². The van der Waals surface area contributed by atoms with Crippen molar-refractivity contribution in [2.24, 2.45) is 0 Å². The highest BCUT2D eigenvalue weighted by molar-refractivity contribution is 4.98. The van der Waals surface area contributed by atoms with E-state index in [2.05, 4.69) is 35.7 Å². The maximum Gasteiger partial charge on any atom is 0.0609 e. The van der Waals surface area contributed by atoms with Gasteiger partial charge in [0.2, 0.25) is 0 Å². The fourth-order valence-corrected chi connectivity index (χ4v) is 1.06. The minimum absolute atomic E-state index is 0.498. The first-order valence-electron chi connectivity index (χ1n) is 4.09. The molecule has 3 heteroatoms. The van der Waals surface area contributed by atoms with E-state index in [-0.39, 0.29) is 0 Å². The number of likely N-dealkylation sites (N-methyl/N-ethyl adjacent to an activating group) is 1. The van der Waals surface area contributed by atoms with Crippen molar-refractivity contribution >= 4 is 0 Å². The zero-order valence-corrected chi connectivity index (χ0v) is 7.46. The summed E-state index contributed by atoms with van der Waals surface area (Å²) in [5.74, 6) is 0. The molecule has 0 radical (unpaired) electrons. The van der Waals surface area contributed by atoms with Gasteiger partial charge in [-0.25, -0.2) is 5.01 Å². The first-order valence-corrected chi connectivity index (χ1v) is 4.09. The standard InChI is InChI=1S/C8H17N3/c1-7(2)9-6-8-4-5-10-11(8)3/h4-5,7-10H,6H2,1-3H3. The second kappa shape index (κ2) is 3.74. The largest absolute Gasteiger partial charge is 0.326 e. The molecule has 0 aromatic rings. The highest BCUT2D eigenvalue weighted by Crippen LogP contribution is 2.00. The molecule has 0 spiro atoms. The van der Waals surface area contributed by atoms with E-state index in [0.717, 1.165) is 6.54 Å². The quantitative estimate of drug-likeness (QED) is 0.614. The third-order valence-corrected chi connectivity index (χ3v) is 1.83. The normalized spacial score (nSPS) is 24.5. The van der Waals surface area contributed by atoms with Gasteiger partial charge in [-0.05, 0) is 6.08 Å². The van der Waals surface area contributed by atoms with Crippen LogP contribution in [0.3, 0.4) is 0 Å². The molecule has 1 atom stereocenters. The van der Waals surface area contributed by atoms with E-state index in [1.54, 1.807) is 0 Å². The molecule has 1 aliphatic rings. The third kappa shape index (κ3) is 2.52. The van der Waals surface area contributed by atoms with Gasteiger partial charge >= 0.3 is 0 Å². The summed E-state index contributed by atoms with van der Waals surface area (Å²) in [5.41, 5.74) is 3.11. The lowest BCUT2D eigenvalue weighted by Gasteiger charge is -2.20. The van der Waals surface area contributed by atoms with Gasteiger partial charge in [-0.2, -0.15) is 0 Å². The third-order valence-electron chi connectivity index (χ3n) is 1.83. The van der Waals surface area contributed by atoms with Gasteiger partial charge in [0, 0.05) is 25.8 Å². The van der Waals surface area contributed by atoms with Crippen molar-refractivity contribution in [3.05, 3.63) is 12.3 Å². The molecule has 2 N–H and O–H groups in total. The monoisotopic (exact) mass is 155 g/mol. The number of nitrogens with one attached hydrogen (secondary N) is 2. The molecule has 64 valence electrons. The van der Waals surface area contributed by atoms with Crippen LogP contribution in [0.5, 0.6) is 0 Å². The zero-order chi connectivity index (χ0) is 8.27. The second-order valence-corrected chi connectivity index (χ2v) is 3.23. The van der Waals surface area contributed by atoms with Gasteiger partial charge in [0.25, 0.3) is 0 Å². The zero-order valence-electron chi connectivity index (χ0n) is 7.46. The van der Waals surface area contributed by atoms with Crippen molar-refractivity contribution < 1.29 is 0 Å². The van der Waals surface area contributed by atoms with Crippen LogP contribution in [0.15, 0.2) is 12.3 Å².